The first kappa shape index (κ1) is 36.8. The van der Waals surface area contributed by atoms with E-state index in [0.29, 0.717) is 6.04 Å². The van der Waals surface area contributed by atoms with E-state index >= 15 is 0 Å². The third kappa shape index (κ3) is 6.38. The molecule has 1 nitrogen and oxygen atoms in total. The summed E-state index contributed by atoms with van der Waals surface area (Å²) in [5.41, 5.74) is 19.9. The Labute approximate surface area is 349 Å². The molecule has 0 heterocycles. The van der Waals surface area contributed by atoms with Gasteiger partial charge >= 0.3 is 0 Å². The fraction of sp³-hybridized carbons (Fsp3) is 0.138. The lowest BCUT2D eigenvalue weighted by atomic mass is 9.70. The Morgan fingerprint density at radius 2 is 1.15 bits per heavy atom. The Morgan fingerprint density at radius 1 is 0.576 bits per heavy atom. The maximum Gasteiger partial charge on any atom is 0.0725 e. The molecule has 0 amide bonds. The van der Waals surface area contributed by atoms with Crippen molar-refractivity contribution in [1.82, 2.24) is 5.32 Å². The van der Waals surface area contributed by atoms with Crippen LogP contribution in [-0.2, 0) is 11.8 Å². The van der Waals surface area contributed by atoms with Gasteiger partial charge in [0.25, 0.3) is 0 Å². The molecular formula is C58H49N. The molecule has 1 atom stereocenters. The van der Waals surface area contributed by atoms with Crippen molar-refractivity contribution in [1.29, 1.82) is 0 Å². The number of fused-ring (bicyclic) bond motifs is 11. The van der Waals surface area contributed by atoms with E-state index in [0.717, 1.165) is 12.8 Å². The predicted molar refractivity (Wildman–Crippen MR) is 251 cm³/mol. The third-order valence-electron chi connectivity index (χ3n) is 13.0. The van der Waals surface area contributed by atoms with Crippen LogP contribution in [0.15, 0.2) is 211 Å². The number of hydrogen-bond acceptors (Lipinski definition) is 1. The summed E-state index contributed by atoms with van der Waals surface area (Å²) in [5, 5.41) is 5.97. The molecule has 0 radical (unpaired) electrons. The van der Waals surface area contributed by atoms with E-state index in [1.807, 2.05) is 7.05 Å². The lowest BCUT2D eigenvalue weighted by Crippen LogP contribution is -2.25. The average Bonchev–Trinajstić information content (AvgIpc) is 3.78. The van der Waals surface area contributed by atoms with Crippen molar-refractivity contribution >= 4 is 16.3 Å². The zero-order valence-electron chi connectivity index (χ0n) is 34.0. The van der Waals surface area contributed by atoms with E-state index in [1.54, 1.807) is 0 Å². The highest BCUT2D eigenvalue weighted by molar-refractivity contribution is 6.05. The first-order chi connectivity index (χ1) is 29.1. The SMILES string of the molecule is C/C(=C\Cc1ccccc1)C1=CCCC=C1.CNC1C=CC(c2ccc(-c3ccc4c(c3)C3(c5ccccc5-c5ccccc53)c3ccccc3-4)c3ccccc23)=CC1. The first-order valence-corrected chi connectivity index (χ1v) is 21.2. The van der Waals surface area contributed by atoms with E-state index in [9.17, 15) is 0 Å². The monoisotopic (exact) mass is 759 g/mol. The van der Waals surface area contributed by atoms with Crippen LogP contribution in [0.1, 0.15) is 59.6 Å². The number of allylic oxidation sites excluding steroid dienone is 8. The minimum absolute atomic E-state index is 0.327. The Morgan fingerprint density at radius 3 is 1.76 bits per heavy atom. The van der Waals surface area contributed by atoms with Gasteiger partial charge in [-0.2, -0.15) is 0 Å². The summed E-state index contributed by atoms with van der Waals surface area (Å²) < 4.78 is 0. The summed E-state index contributed by atoms with van der Waals surface area (Å²) in [7, 11) is 2.03. The maximum atomic E-state index is 3.37. The van der Waals surface area contributed by atoms with Gasteiger partial charge in [-0.15, -0.1) is 0 Å². The van der Waals surface area contributed by atoms with E-state index in [-0.39, 0.29) is 5.41 Å². The highest BCUT2D eigenvalue weighted by atomic mass is 14.9. The fourth-order valence-electron chi connectivity index (χ4n) is 10.0. The number of hydrogen-bond donors (Lipinski definition) is 1. The molecule has 4 aliphatic rings. The van der Waals surface area contributed by atoms with Crippen molar-refractivity contribution in [3.05, 3.63) is 245 Å². The highest BCUT2D eigenvalue weighted by Gasteiger charge is 2.51. The van der Waals surface area contributed by atoms with Crippen LogP contribution < -0.4 is 5.32 Å². The second-order valence-corrected chi connectivity index (χ2v) is 16.2. The second kappa shape index (κ2) is 15.7. The molecule has 4 aliphatic carbocycles. The molecule has 1 spiro atoms. The Bertz CT molecular complexity index is 2810. The Hall–Kier alpha value is -6.54. The molecule has 1 unspecified atom stereocenters. The minimum atomic E-state index is -0.327. The maximum absolute atomic E-state index is 3.37. The summed E-state index contributed by atoms with van der Waals surface area (Å²) in [6, 6.07) is 58.9. The Balaban J connectivity index is 0.000000221. The average molecular weight is 760 g/mol. The van der Waals surface area contributed by atoms with Gasteiger partial charge in [-0.1, -0.05) is 194 Å². The van der Waals surface area contributed by atoms with Gasteiger partial charge in [0.2, 0.25) is 0 Å². The summed E-state index contributed by atoms with van der Waals surface area (Å²) in [4.78, 5) is 0. The molecule has 7 aromatic carbocycles. The predicted octanol–water partition coefficient (Wildman–Crippen LogP) is 14.2. The molecule has 1 N–H and O–H groups in total. The van der Waals surface area contributed by atoms with Gasteiger partial charge in [0.05, 0.1) is 5.41 Å². The van der Waals surface area contributed by atoms with Gasteiger partial charge in [-0.25, -0.2) is 0 Å². The van der Waals surface area contributed by atoms with E-state index in [4.69, 9.17) is 0 Å². The zero-order valence-corrected chi connectivity index (χ0v) is 34.0. The van der Waals surface area contributed by atoms with Crippen LogP contribution in [0.4, 0.5) is 0 Å². The van der Waals surface area contributed by atoms with Crippen LogP contribution in [0.25, 0.3) is 49.7 Å². The van der Waals surface area contributed by atoms with Crippen molar-refractivity contribution in [2.75, 3.05) is 7.05 Å². The lowest BCUT2D eigenvalue weighted by molar-refractivity contribution is 0.673. The molecular weight excluding hydrogens is 711 g/mol. The van der Waals surface area contributed by atoms with Crippen molar-refractivity contribution in [3.63, 3.8) is 0 Å². The summed E-state index contributed by atoms with van der Waals surface area (Å²) in [6.45, 7) is 2.20. The minimum Gasteiger partial charge on any atom is -0.313 e. The van der Waals surface area contributed by atoms with E-state index in [1.165, 1.54) is 107 Å². The van der Waals surface area contributed by atoms with Crippen LogP contribution in [0, 0.1) is 0 Å². The van der Waals surface area contributed by atoms with Crippen LogP contribution in [0.3, 0.4) is 0 Å². The van der Waals surface area contributed by atoms with Crippen LogP contribution in [0.5, 0.6) is 0 Å². The van der Waals surface area contributed by atoms with Gasteiger partial charge in [0.1, 0.15) is 0 Å². The molecule has 0 fully saturated rings. The van der Waals surface area contributed by atoms with E-state index in [2.05, 4.69) is 212 Å². The third-order valence-corrected chi connectivity index (χ3v) is 13.0. The summed E-state index contributed by atoms with van der Waals surface area (Å²) in [5.74, 6) is 0. The largest absolute Gasteiger partial charge is 0.313 e. The Kier molecular flexibility index (Phi) is 9.76. The number of benzene rings is 7. The molecule has 1 heteroatoms. The van der Waals surface area contributed by atoms with Gasteiger partial charge in [0, 0.05) is 6.04 Å². The van der Waals surface area contributed by atoms with Gasteiger partial charge in [-0.05, 0) is 140 Å². The number of rotatable bonds is 6. The molecule has 7 aromatic rings. The highest BCUT2D eigenvalue weighted by Crippen LogP contribution is 2.63. The zero-order chi connectivity index (χ0) is 39.8. The van der Waals surface area contributed by atoms with Gasteiger partial charge < -0.3 is 5.32 Å². The quantitative estimate of drug-likeness (QED) is 0.178. The van der Waals surface area contributed by atoms with Crippen molar-refractivity contribution in [2.24, 2.45) is 0 Å². The number of likely N-dealkylation sites (N-methyl/N-ethyl adjacent to an activating group) is 1. The topological polar surface area (TPSA) is 12.0 Å². The molecule has 0 saturated heterocycles. The van der Waals surface area contributed by atoms with Crippen LogP contribution in [0.2, 0.25) is 0 Å². The lowest BCUT2D eigenvalue weighted by Gasteiger charge is -2.30. The van der Waals surface area contributed by atoms with Crippen molar-refractivity contribution in [3.8, 4) is 33.4 Å². The molecule has 0 aromatic heterocycles. The smallest absolute Gasteiger partial charge is 0.0725 e. The van der Waals surface area contributed by atoms with Crippen molar-refractivity contribution < 1.29 is 0 Å². The second-order valence-electron chi connectivity index (χ2n) is 16.2. The summed E-state index contributed by atoms with van der Waals surface area (Å²) in [6.07, 6.45) is 20.5. The first-order valence-electron chi connectivity index (χ1n) is 21.2. The standard InChI is InChI=1S/C42H31N.C16H18/c1-43-29-21-18-27(19-22-29)30-24-25-31(33-11-3-2-10-32(30)33)28-20-23-37-36-14-6-9-17-40(36)42(41(37)26-28)38-15-7-4-12-34(38)35-13-5-8-16-39(35)42;1-14(16-10-6-3-7-11-16)12-13-15-8-4-2-5-9-15/h2-21,23-26,29,43H,22H2,1H3;2,4-6,8-12H,3,7,13H2,1H3/b;14-12+. The molecule has 0 aliphatic heterocycles. The molecule has 286 valence electrons. The molecule has 0 bridgehead atoms. The van der Waals surface area contributed by atoms with Gasteiger partial charge in [0.15, 0.2) is 0 Å². The normalized spacial score (nSPS) is 16.7. The summed E-state index contributed by atoms with van der Waals surface area (Å²) >= 11 is 0. The van der Waals surface area contributed by atoms with Crippen molar-refractivity contribution in [2.45, 2.75) is 44.1 Å². The molecule has 0 saturated carbocycles. The van der Waals surface area contributed by atoms with Crippen LogP contribution >= 0.6 is 0 Å². The molecule has 59 heavy (non-hydrogen) atoms. The van der Waals surface area contributed by atoms with Crippen LogP contribution in [-0.4, -0.2) is 13.1 Å². The van der Waals surface area contributed by atoms with E-state index < -0.39 is 0 Å². The molecule has 11 rings (SSSR count). The fourth-order valence-corrected chi connectivity index (χ4v) is 10.0. The van der Waals surface area contributed by atoms with Gasteiger partial charge in [-0.3, -0.25) is 0 Å². The number of nitrogens with one attached hydrogen (secondary N) is 1.